The lowest BCUT2D eigenvalue weighted by atomic mass is 9.97. The first kappa shape index (κ1) is 13.5. The van der Waals surface area contributed by atoms with Crippen LogP contribution in [0.3, 0.4) is 0 Å². The molecule has 1 aromatic rings. The minimum atomic E-state index is -0.759. The molecule has 0 aromatic carbocycles. The average Bonchev–Trinajstić information content (AvgIpc) is 2.56. The highest BCUT2D eigenvalue weighted by Gasteiger charge is 2.21. The molecule has 0 unspecified atom stereocenters. The summed E-state index contributed by atoms with van der Waals surface area (Å²) >= 11 is 0. The fourth-order valence-electron chi connectivity index (χ4n) is 1.13. The molecular weight excluding hydrogens is 225 g/mol. The Kier molecular flexibility index (Phi) is 4.09. The highest BCUT2D eigenvalue weighted by molar-refractivity contribution is 5.88. The van der Waals surface area contributed by atoms with Crippen LogP contribution in [0.1, 0.15) is 38.2 Å². The van der Waals surface area contributed by atoms with E-state index in [1.54, 1.807) is 6.92 Å². The largest absolute Gasteiger partial charge is 0.461 e. The second-order valence-electron chi connectivity index (χ2n) is 4.90. The van der Waals surface area contributed by atoms with E-state index < -0.39 is 11.8 Å². The Labute approximate surface area is 99.7 Å². The summed E-state index contributed by atoms with van der Waals surface area (Å²) in [5.41, 5.74) is -0.315. The summed E-state index contributed by atoms with van der Waals surface area (Å²) in [6.45, 7) is 8.45. The predicted octanol–water partition coefficient (Wildman–Crippen LogP) is 2.18. The summed E-state index contributed by atoms with van der Waals surface area (Å²) in [5, 5.41) is 8.92. The van der Waals surface area contributed by atoms with Gasteiger partial charge in [0.15, 0.2) is 11.6 Å². The van der Waals surface area contributed by atoms with E-state index in [9.17, 15) is 9.18 Å². The minimum Gasteiger partial charge on any atom is -0.461 e. The van der Waals surface area contributed by atoms with Crippen molar-refractivity contribution in [1.29, 1.82) is 0 Å². The number of carbonyl (C=O) groups excluding carboxylic acids is 1. The van der Waals surface area contributed by atoms with Crippen LogP contribution < -0.4 is 5.32 Å². The van der Waals surface area contributed by atoms with Crippen LogP contribution >= 0.6 is 0 Å². The zero-order valence-corrected chi connectivity index (χ0v) is 10.6. The van der Waals surface area contributed by atoms with Crippen molar-refractivity contribution >= 4 is 11.8 Å². The van der Waals surface area contributed by atoms with Gasteiger partial charge in [0.2, 0.25) is 5.69 Å². The summed E-state index contributed by atoms with van der Waals surface area (Å²) in [6, 6.07) is 0. The van der Waals surface area contributed by atoms with E-state index in [1.165, 1.54) is 0 Å². The standard InChI is InChI=1S/C11H18FN3O2/c1-5-17-10(16)8-7(12)9(15-14-8)13-6-11(2,3)4/h5-6H2,1-4H3,(H2,13,14,15). The van der Waals surface area contributed by atoms with Crippen molar-refractivity contribution in [3.63, 3.8) is 0 Å². The highest BCUT2D eigenvalue weighted by Crippen LogP contribution is 2.18. The molecule has 0 aliphatic rings. The molecule has 0 amide bonds. The molecule has 0 saturated carbocycles. The van der Waals surface area contributed by atoms with Crippen molar-refractivity contribution in [3.05, 3.63) is 11.5 Å². The SMILES string of the molecule is CCOC(=O)c1n[nH]c(NCC(C)(C)C)c1F. The number of nitrogens with one attached hydrogen (secondary N) is 2. The van der Waals surface area contributed by atoms with E-state index in [0.29, 0.717) is 6.54 Å². The summed E-state index contributed by atoms with van der Waals surface area (Å²) < 4.78 is 18.4. The predicted molar refractivity (Wildman–Crippen MR) is 62.4 cm³/mol. The molecule has 0 bridgehead atoms. The number of aromatic nitrogens is 2. The monoisotopic (exact) mass is 243 g/mol. The number of carbonyl (C=O) groups is 1. The number of aromatic amines is 1. The number of anilines is 1. The van der Waals surface area contributed by atoms with Crippen molar-refractivity contribution in [2.24, 2.45) is 5.41 Å². The van der Waals surface area contributed by atoms with Gasteiger partial charge in [0.25, 0.3) is 0 Å². The van der Waals surface area contributed by atoms with Gasteiger partial charge in [0.05, 0.1) is 6.61 Å². The van der Waals surface area contributed by atoms with Crippen LogP contribution in [0.5, 0.6) is 0 Å². The Balaban J connectivity index is 2.74. The fourth-order valence-corrected chi connectivity index (χ4v) is 1.13. The molecule has 1 aromatic heterocycles. The summed E-state index contributed by atoms with van der Waals surface area (Å²) in [6.07, 6.45) is 0. The molecule has 0 atom stereocenters. The zero-order chi connectivity index (χ0) is 13.1. The number of H-pyrrole nitrogens is 1. The van der Waals surface area contributed by atoms with E-state index in [-0.39, 0.29) is 23.5 Å². The molecule has 1 rings (SSSR count). The lowest BCUT2D eigenvalue weighted by molar-refractivity contribution is 0.0514. The molecular formula is C11H18FN3O2. The summed E-state index contributed by atoms with van der Waals surface area (Å²) in [7, 11) is 0. The smallest absolute Gasteiger partial charge is 0.362 e. The van der Waals surface area contributed by atoms with Gasteiger partial charge in [0.1, 0.15) is 0 Å². The molecule has 0 radical (unpaired) electrons. The molecule has 0 aliphatic heterocycles. The maximum absolute atomic E-state index is 13.7. The Morgan fingerprint density at radius 2 is 2.18 bits per heavy atom. The quantitative estimate of drug-likeness (QED) is 0.795. The van der Waals surface area contributed by atoms with Gasteiger partial charge in [-0.25, -0.2) is 9.18 Å². The second-order valence-corrected chi connectivity index (χ2v) is 4.90. The maximum Gasteiger partial charge on any atom is 0.362 e. The number of hydrogen-bond donors (Lipinski definition) is 2. The molecule has 1 heterocycles. The number of halogens is 1. The number of esters is 1. The number of ether oxygens (including phenoxy) is 1. The van der Waals surface area contributed by atoms with Gasteiger partial charge < -0.3 is 10.1 Å². The van der Waals surface area contributed by atoms with Crippen molar-refractivity contribution in [1.82, 2.24) is 10.2 Å². The Morgan fingerprint density at radius 3 is 2.71 bits per heavy atom. The van der Waals surface area contributed by atoms with Gasteiger partial charge in [0, 0.05) is 6.54 Å². The van der Waals surface area contributed by atoms with Crippen molar-refractivity contribution in [2.75, 3.05) is 18.5 Å². The van der Waals surface area contributed by atoms with E-state index in [1.807, 2.05) is 20.8 Å². The van der Waals surface area contributed by atoms with Gasteiger partial charge in [-0.2, -0.15) is 5.10 Å². The Morgan fingerprint density at radius 1 is 1.53 bits per heavy atom. The third-order valence-corrected chi connectivity index (χ3v) is 1.97. The van der Waals surface area contributed by atoms with Crippen LogP contribution in [-0.2, 0) is 4.74 Å². The first-order valence-corrected chi connectivity index (χ1v) is 5.50. The third-order valence-electron chi connectivity index (χ3n) is 1.97. The summed E-state index contributed by atoms with van der Waals surface area (Å²) in [5.74, 6) is -1.35. The van der Waals surface area contributed by atoms with E-state index in [0.717, 1.165) is 0 Å². The van der Waals surface area contributed by atoms with Gasteiger partial charge >= 0.3 is 5.97 Å². The van der Waals surface area contributed by atoms with Crippen molar-refractivity contribution in [3.8, 4) is 0 Å². The average molecular weight is 243 g/mol. The van der Waals surface area contributed by atoms with E-state index in [2.05, 4.69) is 20.3 Å². The van der Waals surface area contributed by atoms with E-state index >= 15 is 0 Å². The molecule has 0 aliphatic carbocycles. The highest BCUT2D eigenvalue weighted by atomic mass is 19.1. The molecule has 0 spiro atoms. The molecule has 6 heteroatoms. The Hall–Kier alpha value is -1.59. The second kappa shape index (κ2) is 5.16. The van der Waals surface area contributed by atoms with Gasteiger partial charge in [-0.15, -0.1) is 0 Å². The molecule has 0 saturated heterocycles. The molecule has 5 nitrogen and oxygen atoms in total. The lowest BCUT2D eigenvalue weighted by Crippen LogP contribution is -2.19. The first-order valence-electron chi connectivity index (χ1n) is 5.50. The molecule has 2 N–H and O–H groups in total. The Bertz CT molecular complexity index is 396. The van der Waals surface area contributed by atoms with Gasteiger partial charge in [-0.3, -0.25) is 5.10 Å². The number of hydrogen-bond acceptors (Lipinski definition) is 4. The maximum atomic E-state index is 13.7. The van der Waals surface area contributed by atoms with Gasteiger partial charge in [-0.05, 0) is 12.3 Å². The molecule has 17 heavy (non-hydrogen) atoms. The van der Waals surface area contributed by atoms with Crippen LogP contribution in [0, 0.1) is 11.2 Å². The molecule has 96 valence electrons. The minimum absolute atomic E-state index is 0.00163. The van der Waals surface area contributed by atoms with Crippen LogP contribution in [0.2, 0.25) is 0 Å². The first-order chi connectivity index (χ1) is 7.85. The summed E-state index contributed by atoms with van der Waals surface area (Å²) in [4.78, 5) is 11.3. The van der Waals surface area contributed by atoms with Crippen molar-refractivity contribution < 1.29 is 13.9 Å². The van der Waals surface area contributed by atoms with Crippen LogP contribution in [-0.4, -0.2) is 29.3 Å². The fraction of sp³-hybridized carbons (Fsp3) is 0.636. The van der Waals surface area contributed by atoms with Crippen LogP contribution in [0.25, 0.3) is 0 Å². The topological polar surface area (TPSA) is 67.0 Å². The van der Waals surface area contributed by atoms with Gasteiger partial charge in [-0.1, -0.05) is 20.8 Å². The zero-order valence-electron chi connectivity index (χ0n) is 10.6. The molecule has 0 fully saturated rings. The van der Waals surface area contributed by atoms with Crippen LogP contribution in [0.15, 0.2) is 0 Å². The number of nitrogens with zero attached hydrogens (tertiary/aromatic N) is 1. The normalized spacial score (nSPS) is 11.4. The lowest BCUT2D eigenvalue weighted by Gasteiger charge is -2.18. The van der Waals surface area contributed by atoms with Crippen molar-refractivity contribution in [2.45, 2.75) is 27.7 Å². The number of rotatable bonds is 4. The van der Waals surface area contributed by atoms with Crippen LogP contribution in [0.4, 0.5) is 10.2 Å². The third kappa shape index (κ3) is 3.72. The van der Waals surface area contributed by atoms with E-state index in [4.69, 9.17) is 0 Å².